The molecule has 2 aliphatic heterocycles. The number of nitrogens with zero attached hydrogens (tertiary/aromatic N) is 2. The molecule has 22 heavy (non-hydrogen) atoms. The molecule has 0 aliphatic carbocycles. The molecule has 0 amide bonds. The summed E-state index contributed by atoms with van der Waals surface area (Å²) in [5.74, 6) is 0.285. The zero-order valence-electron chi connectivity index (χ0n) is 12.1. The molecule has 2 bridgehead atoms. The molecule has 1 aromatic heterocycles. The number of carbonyl (C=O) groups excluding carboxylic acids is 1. The number of fused-ring (bicyclic) bond motifs is 2. The molecule has 1 aromatic rings. The van der Waals surface area contributed by atoms with Crippen LogP contribution in [0.15, 0.2) is 18.3 Å². The van der Waals surface area contributed by atoms with Gasteiger partial charge >= 0.3 is 12.1 Å². The molecule has 3 heterocycles. The highest BCUT2D eigenvalue weighted by molar-refractivity contribution is 5.66. The molecule has 4 nitrogen and oxygen atoms in total. The number of carbonyl (C=O) groups is 1. The number of anilines is 1. The Morgan fingerprint density at radius 2 is 1.91 bits per heavy atom. The van der Waals surface area contributed by atoms with Gasteiger partial charge in [-0.3, -0.25) is 4.79 Å². The second kappa shape index (κ2) is 5.44. The van der Waals surface area contributed by atoms with Gasteiger partial charge in [-0.2, -0.15) is 13.2 Å². The van der Waals surface area contributed by atoms with E-state index in [0.29, 0.717) is 18.7 Å². The van der Waals surface area contributed by atoms with Crippen molar-refractivity contribution in [3.63, 3.8) is 0 Å². The predicted molar refractivity (Wildman–Crippen MR) is 73.3 cm³/mol. The lowest BCUT2D eigenvalue weighted by atomic mass is 9.99. The molecule has 0 radical (unpaired) electrons. The summed E-state index contributed by atoms with van der Waals surface area (Å²) < 4.78 is 43.1. The molecule has 3 rings (SSSR count). The van der Waals surface area contributed by atoms with Crippen molar-refractivity contribution in [2.24, 2.45) is 0 Å². The van der Waals surface area contributed by atoms with Gasteiger partial charge in [0.15, 0.2) is 0 Å². The molecular formula is C15H17F3N2O2. The van der Waals surface area contributed by atoms with Crippen LogP contribution in [0, 0.1) is 0 Å². The molecule has 0 aromatic carbocycles. The van der Waals surface area contributed by atoms with E-state index in [-0.39, 0.29) is 24.2 Å². The molecule has 2 saturated heterocycles. The van der Waals surface area contributed by atoms with Gasteiger partial charge in [0.1, 0.15) is 11.9 Å². The summed E-state index contributed by atoms with van der Waals surface area (Å²) in [6.07, 6.45) is -0.270. The Balaban J connectivity index is 1.75. The summed E-state index contributed by atoms with van der Waals surface area (Å²) in [6.45, 7) is 1.39. The molecular weight excluding hydrogens is 297 g/mol. The van der Waals surface area contributed by atoms with Crippen molar-refractivity contribution in [2.75, 3.05) is 4.90 Å². The average molecular weight is 314 g/mol. The monoisotopic (exact) mass is 314 g/mol. The summed E-state index contributed by atoms with van der Waals surface area (Å²) in [5, 5.41) is 0. The molecule has 0 N–H and O–H groups in total. The lowest BCUT2D eigenvalue weighted by Gasteiger charge is -2.39. The molecule has 2 aliphatic rings. The zero-order chi connectivity index (χ0) is 15.9. The van der Waals surface area contributed by atoms with Crippen molar-refractivity contribution >= 4 is 11.8 Å². The van der Waals surface area contributed by atoms with E-state index in [2.05, 4.69) is 9.88 Å². The lowest BCUT2D eigenvalue weighted by molar-refractivity contribution is -0.147. The maximum Gasteiger partial charge on any atom is 0.417 e. The van der Waals surface area contributed by atoms with Crippen molar-refractivity contribution in [3.05, 3.63) is 23.9 Å². The first-order valence-corrected chi connectivity index (χ1v) is 7.33. The van der Waals surface area contributed by atoms with E-state index in [1.165, 1.54) is 13.0 Å². The van der Waals surface area contributed by atoms with Crippen LogP contribution in [-0.2, 0) is 15.7 Å². The molecule has 0 unspecified atom stereocenters. The van der Waals surface area contributed by atoms with Gasteiger partial charge in [0, 0.05) is 38.0 Å². The third-order valence-electron chi connectivity index (χ3n) is 4.36. The summed E-state index contributed by atoms with van der Waals surface area (Å²) in [4.78, 5) is 17.2. The summed E-state index contributed by atoms with van der Waals surface area (Å²) in [6, 6.07) is 2.85. The summed E-state index contributed by atoms with van der Waals surface area (Å²) >= 11 is 0. The predicted octanol–water partition coefficient (Wildman–Crippen LogP) is 3.16. The minimum atomic E-state index is -4.37. The highest BCUT2D eigenvalue weighted by Gasteiger charge is 2.42. The van der Waals surface area contributed by atoms with Crippen LogP contribution in [-0.4, -0.2) is 29.1 Å². The number of piperidine rings is 1. The Hall–Kier alpha value is -1.79. The fourth-order valence-electron chi connectivity index (χ4n) is 3.54. The first kappa shape index (κ1) is 15.1. The van der Waals surface area contributed by atoms with Crippen molar-refractivity contribution in [3.8, 4) is 0 Å². The van der Waals surface area contributed by atoms with Crippen LogP contribution in [0.2, 0.25) is 0 Å². The topological polar surface area (TPSA) is 42.4 Å². The van der Waals surface area contributed by atoms with Crippen LogP contribution in [0.4, 0.5) is 19.0 Å². The van der Waals surface area contributed by atoms with E-state index >= 15 is 0 Å². The number of halogens is 3. The largest absolute Gasteiger partial charge is 0.462 e. The highest BCUT2D eigenvalue weighted by Crippen LogP contribution is 2.40. The molecule has 3 atom stereocenters. The molecule has 120 valence electrons. The van der Waals surface area contributed by atoms with Crippen LogP contribution in [0.25, 0.3) is 0 Å². The van der Waals surface area contributed by atoms with Crippen LogP contribution >= 0.6 is 0 Å². The van der Waals surface area contributed by atoms with Gasteiger partial charge in [-0.05, 0) is 25.0 Å². The van der Waals surface area contributed by atoms with Gasteiger partial charge in [0.05, 0.1) is 5.56 Å². The van der Waals surface area contributed by atoms with Gasteiger partial charge in [0.25, 0.3) is 0 Å². The number of aromatic nitrogens is 1. The van der Waals surface area contributed by atoms with E-state index in [4.69, 9.17) is 4.74 Å². The molecule has 0 saturated carbocycles. The second-order valence-electron chi connectivity index (χ2n) is 5.90. The number of hydrogen-bond acceptors (Lipinski definition) is 4. The van der Waals surface area contributed by atoms with E-state index in [1.807, 2.05) is 0 Å². The first-order chi connectivity index (χ1) is 10.3. The van der Waals surface area contributed by atoms with Gasteiger partial charge in [-0.1, -0.05) is 0 Å². The first-order valence-electron chi connectivity index (χ1n) is 7.33. The smallest absolute Gasteiger partial charge is 0.417 e. The van der Waals surface area contributed by atoms with Crippen LogP contribution < -0.4 is 4.90 Å². The van der Waals surface area contributed by atoms with Gasteiger partial charge in [-0.25, -0.2) is 4.98 Å². The summed E-state index contributed by atoms with van der Waals surface area (Å²) in [7, 11) is 0. The number of alkyl halides is 3. The number of hydrogen-bond donors (Lipinski definition) is 0. The highest BCUT2D eigenvalue weighted by atomic mass is 19.4. The van der Waals surface area contributed by atoms with Crippen molar-refractivity contribution < 1.29 is 22.7 Å². The molecule has 2 fully saturated rings. The Morgan fingerprint density at radius 1 is 1.27 bits per heavy atom. The fourth-order valence-corrected chi connectivity index (χ4v) is 3.54. The number of rotatable bonds is 2. The van der Waals surface area contributed by atoms with Gasteiger partial charge in [0.2, 0.25) is 0 Å². The third-order valence-corrected chi connectivity index (χ3v) is 4.36. The minimum absolute atomic E-state index is 0.0966. The summed E-state index contributed by atoms with van der Waals surface area (Å²) in [5.41, 5.74) is -0.738. The van der Waals surface area contributed by atoms with E-state index in [9.17, 15) is 18.0 Å². The van der Waals surface area contributed by atoms with E-state index in [1.54, 1.807) is 0 Å². The SMILES string of the molecule is CC(=O)O[C@@H]1C[C@H]2CC[C@@H](C1)N2c1ccc(C(F)(F)F)cn1. The van der Waals surface area contributed by atoms with Crippen LogP contribution in [0.3, 0.4) is 0 Å². The normalized spacial score (nSPS) is 27.8. The Labute approximate surface area is 126 Å². The average Bonchev–Trinajstić information content (AvgIpc) is 2.69. The molecule has 0 spiro atoms. The molecule has 7 heteroatoms. The lowest BCUT2D eigenvalue weighted by Crippen LogP contribution is -2.46. The minimum Gasteiger partial charge on any atom is -0.462 e. The second-order valence-corrected chi connectivity index (χ2v) is 5.90. The number of esters is 1. The van der Waals surface area contributed by atoms with Gasteiger partial charge < -0.3 is 9.64 Å². The van der Waals surface area contributed by atoms with Crippen LogP contribution in [0.1, 0.15) is 38.2 Å². The number of ether oxygens (including phenoxy) is 1. The standard InChI is InChI=1S/C15H17F3N2O2/c1-9(21)22-13-6-11-3-4-12(7-13)20(11)14-5-2-10(8-19-14)15(16,17)18/h2,5,8,11-13H,3-4,6-7H2,1H3/t11-,12+,13-. The van der Waals surface area contributed by atoms with Crippen molar-refractivity contribution in [2.45, 2.75) is 57.0 Å². The maximum absolute atomic E-state index is 12.6. The van der Waals surface area contributed by atoms with Gasteiger partial charge in [-0.15, -0.1) is 0 Å². The third kappa shape index (κ3) is 2.89. The Kier molecular flexibility index (Phi) is 3.74. The fraction of sp³-hybridized carbons (Fsp3) is 0.600. The zero-order valence-corrected chi connectivity index (χ0v) is 12.1. The van der Waals surface area contributed by atoms with E-state index < -0.39 is 11.7 Å². The number of pyridine rings is 1. The van der Waals surface area contributed by atoms with E-state index in [0.717, 1.165) is 25.1 Å². The quantitative estimate of drug-likeness (QED) is 0.787. The van der Waals surface area contributed by atoms with Crippen LogP contribution in [0.5, 0.6) is 0 Å². The Morgan fingerprint density at radius 3 is 2.36 bits per heavy atom. The van der Waals surface area contributed by atoms with Crippen molar-refractivity contribution in [1.82, 2.24) is 4.98 Å². The van der Waals surface area contributed by atoms with Crippen molar-refractivity contribution in [1.29, 1.82) is 0 Å². The Bertz CT molecular complexity index is 545. The maximum atomic E-state index is 12.6.